The average molecular weight is 310 g/mol. The number of nitrogens with zero attached hydrogens (tertiary/aromatic N) is 1. The predicted molar refractivity (Wildman–Crippen MR) is 81.4 cm³/mol. The van der Waals surface area contributed by atoms with Crippen molar-refractivity contribution in [3.63, 3.8) is 0 Å². The summed E-state index contributed by atoms with van der Waals surface area (Å²) >= 11 is 6.07. The Morgan fingerprint density at radius 1 is 1.43 bits per heavy atom. The summed E-state index contributed by atoms with van der Waals surface area (Å²) in [6.07, 6.45) is 1.59. The molecule has 1 amide bonds. The number of hydrogen-bond acceptors (Lipinski definition) is 3. The molecule has 1 aromatic carbocycles. The minimum atomic E-state index is -0.220. The molecule has 5 heteroatoms. The van der Waals surface area contributed by atoms with Gasteiger partial charge in [0.25, 0.3) is 5.91 Å². The number of amides is 1. The summed E-state index contributed by atoms with van der Waals surface area (Å²) in [4.78, 5) is 26.2. The van der Waals surface area contributed by atoms with Crippen LogP contribution in [0.2, 0.25) is 5.02 Å². The number of carbonyl (C=O) groups is 2. The van der Waals surface area contributed by atoms with Crippen LogP contribution in [0.15, 0.2) is 18.2 Å². The summed E-state index contributed by atoms with van der Waals surface area (Å²) in [6, 6.07) is 5.32. The number of halogens is 1. The van der Waals surface area contributed by atoms with Crippen molar-refractivity contribution in [3.8, 4) is 0 Å². The van der Waals surface area contributed by atoms with E-state index < -0.39 is 0 Å². The van der Waals surface area contributed by atoms with Gasteiger partial charge in [0.15, 0.2) is 0 Å². The second-order valence-electron chi connectivity index (χ2n) is 5.25. The van der Waals surface area contributed by atoms with Crippen LogP contribution >= 0.6 is 11.6 Å². The Morgan fingerprint density at radius 3 is 2.90 bits per heavy atom. The molecular formula is C16H20ClNO3. The molecule has 0 unspecified atom stereocenters. The monoisotopic (exact) mass is 309 g/mol. The normalized spacial score (nSPS) is 18.4. The highest BCUT2D eigenvalue weighted by Gasteiger charge is 2.30. The van der Waals surface area contributed by atoms with Gasteiger partial charge < -0.3 is 9.64 Å². The number of benzene rings is 1. The molecule has 1 saturated heterocycles. The molecule has 0 aromatic heterocycles. The van der Waals surface area contributed by atoms with Gasteiger partial charge in [-0.05, 0) is 44.4 Å². The quantitative estimate of drug-likeness (QED) is 0.806. The maximum Gasteiger partial charge on any atom is 0.310 e. The van der Waals surface area contributed by atoms with Crippen molar-refractivity contribution in [2.45, 2.75) is 26.7 Å². The molecule has 0 spiro atoms. The highest BCUT2D eigenvalue weighted by atomic mass is 35.5. The van der Waals surface area contributed by atoms with Gasteiger partial charge in [-0.15, -0.1) is 0 Å². The van der Waals surface area contributed by atoms with Crippen LogP contribution in [0.25, 0.3) is 0 Å². The van der Waals surface area contributed by atoms with Gasteiger partial charge in [-0.1, -0.05) is 17.7 Å². The smallest absolute Gasteiger partial charge is 0.310 e. The third kappa shape index (κ3) is 3.56. The highest BCUT2D eigenvalue weighted by molar-refractivity contribution is 6.31. The lowest BCUT2D eigenvalue weighted by atomic mass is 9.97. The molecule has 4 nitrogen and oxygen atoms in total. The molecule has 1 aliphatic rings. The molecule has 1 fully saturated rings. The van der Waals surface area contributed by atoms with Crippen molar-refractivity contribution >= 4 is 23.5 Å². The van der Waals surface area contributed by atoms with Crippen LogP contribution in [0.1, 0.15) is 35.7 Å². The molecule has 1 aliphatic heterocycles. The van der Waals surface area contributed by atoms with Gasteiger partial charge in [-0.2, -0.15) is 0 Å². The molecule has 114 valence electrons. The minimum absolute atomic E-state index is 0.0657. The third-order valence-electron chi connectivity index (χ3n) is 3.83. The summed E-state index contributed by atoms with van der Waals surface area (Å²) in [6.45, 7) is 5.09. The summed E-state index contributed by atoms with van der Waals surface area (Å²) < 4.78 is 5.06. The number of ether oxygens (including phenoxy) is 1. The first-order valence-electron chi connectivity index (χ1n) is 7.25. The van der Waals surface area contributed by atoms with E-state index in [0.717, 1.165) is 18.4 Å². The molecule has 2 rings (SSSR count). The molecule has 1 aromatic rings. The van der Waals surface area contributed by atoms with E-state index >= 15 is 0 Å². The Kier molecular flexibility index (Phi) is 5.23. The molecule has 0 aliphatic carbocycles. The number of rotatable bonds is 3. The summed E-state index contributed by atoms with van der Waals surface area (Å²) in [7, 11) is 0. The van der Waals surface area contributed by atoms with Gasteiger partial charge in [-0.3, -0.25) is 9.59 Å². The Labute approximate surface area is 130 Å². The third-order valence-corrected chi connectivity index (χ3v) is 4.24. The number of piperidine rings is 1. The Bertz CT molecular complexity index is 544. The Hall–Kier alpha value is -1.55. The van der Waals surface area contributed by atoms with Crippen molar-refractivity contribution in [3.05, 3.63) is 34.3 Å². The van der Waals surface area contributed by atoms with Crippen molar-refractivity contribution in [2.24, 2.45) is 5.92 Å². The summed E-state index contributed by atoms with van der Waals surface area (Å²) in [5.74, 6) is -0.496. The van der Waals surface area contributed by atoms with Gasteiger partial charge in [-0.25, -0.2) is 0 Å². The van der Waals surface area contributed by atoms with Crippen molar-refractivity contribution in [1.82, 2.24) is 4.90 Å². The van der Waals surface area contributed by atoms with Crippen LogP contribution in [0.5, 0.6) is 0 Å². The zero-order valence-corrected chi connectivity index (χ0v) is 13.2. The van der Waals surface area contributed by atoms with E-state index in [9.17, 15) is 9.59 Å². The number of carbonyl (C=O) groups excluding carboxylic acids is 2. The molecule has 0 saturated carbocycles. The van der Waals surface area contributed by atoms with E-state index in [-0.39, 0.29) is 17.8 Å². The molecule has 21 heavy (non-hydrogen) atoms. The van der Waals surface area contributed by atoms with Gasteiger partial charge in [0.2, 0.25) is 0 Å². The SMILES string of the molecule is CCOC(=O)[C@@H]1CCCN(C(=O)c2cccc(Cl)c2C)C1. The van der Waals surface area contributed by atoms with Crippen molar-refractivity contribution < 1.29 is 14.3 Å². The zero-order valence-electron chi connectivity index (χ0n) is 12.4. The molecular weight excluding hydrogens is 290 g/mol. The topological polar surface area (TPSA) is 46.6 Å². The fraction of sp³-hybridized carbons (Fsp3) is 0.500. The number of hydrogen-bond donors (Lipinski definition) is 0. The van der Waals surface area contributed by atoms with Gasteiger partial charge in [0.1, 0.15) is 0 Å². The van der Waals surface area contributed by atoms with Crippen molar-refractivity contribution in [2.75, 3.05) is 19.7 Å². The lowest BCUT2D eigenvalue weighted by Crippen LogP contribution is -2.43. The van der Waals surface area contributed by atoms with Crippen LogP contribution in [-0.2, 0) is 9.53 Å². The Morgan fingerprint density at radius 2 is 2.19 bits per heavy atom. The predicted octanol–water partition coefficient (Wildman–Crippen LogP) is 3.06. The average Bonchev–Trinajstić information content (AvgIpc) is 2.50. The van der Waals surface area contributed by atoms with E-state index in [1.54, 1.807) is 30.0 Å². The van der Waals surface area contributed by atoms with Crippen LogP contribution in [0.4, 0.5) is 0 Å². The molecule has 0 radical (unpaired) electrons. The maximum absolute atomic E-state index is 12.6. The number of likely N-dealkylation sites (tertiary alicyclic amines) is 1. The minimum Gasteiger partial charge on any atom is -0.466 e. The van der Waals surface area contributed by atoms with E-state index in [2.05, 4.69) is 0 Å². The fourth-order valence-electron chi connectivity index (χ4n) is 2.62. The van der Waals surface area contributed by atoms with E-state index in [1.165, 1.54) is 0 Å². The van der Waals surface area contributed by atoms with Crippen LogP contribution < -0.4 is 0 Å². The second-order valence-corrected chi connectivity index (χ2v) is 5.66. The largest absolute Gasteiger partial charge is 0.466 e. The molecule has 0 bridgehead atoms. The van der Waals surface area contributed by atoms with Crippen LogP contribution in [-0.4, -0.2) is 36.5 Å². The fourth-order valence-corrected chi connectivity index (χ4v) is 2.80. The molecule has 1 heterocycles. The number of esters is 1. The lowest BCUT2D eigenvalue weighted by molar-refractivity contribution is -0.149. The second kappa shape index (κ2) is 6.94. The zero-order chi connectivity index (χ0) is 15.4. The highest BCUT2D eigenvalue weighted by Crippen LogP contribution is 2.24. The molecule has 1 atom stereocenters. The maximum atomic E-state index is 12.6. The van der Waals surface area contributed by atoms with E-state index in [4.69, 9.17) is 16.3 Å². The first kappa shape index (κ1) is 15.8. The van der Waals surface area contributed by atoms with E-state index in [0.29, 0.717) is 30.3 Å². The lowest BCUT2D eigenvalue weighted by Gasteiger charge is -2.32. The Balaban J connectivity index is 2.12. The molecule has 0 N–H and O–H groups in total. The first-order chi connectivity index (χ1) is 10.0. The summed E-state index contributed by atoms with van der Waals surface area (Å²) in [5.41, 5.74) is 1.38. The summed E-state index contributed by atoms with van der Waals surface area (Å²) in [5, 5.41) is 0.583. The van der Waals surface area contributed by atoms with Gasteiger partial charge in [0.05, 0.1) is 12.5 Å². The van der Waals surface area contributed by atoms with Gasteiger partial charge >= 0.3 is 5.97 Å². The van der Waals surface area contributed by atoms with Gasteiger partial charge in [0, 0.05) is 23.7 Å². The van der Waals surface area contributed by atoms with Crippen LogP contribution in [0, 0.1) is 12.8 Å². The van der Waals surface area contributed by atoms with Crippen molar-refractivity contribution in [1.29, 1.82) is 0 Å². The standard InChI is InChI=1S/C16H20ClNO3/c1-3-21-16(20)12-6-5-9-18(10-12)15(19)13-7-4-8-14(17)11(13)2/h4,7-8,12H,3,5-6,9-10H2,1-2H3/t12-/m1/s1. The first-order valence-corrected chi connectivity index (χ1v) is 7.63. The van der Waals surface area contributed by atoms with Crippen LogP contribution in [0.3, 0.4) is 0 Å². The van der Waals surface area contributed by atoms with E-state index in [1.807, 2.05) is 6.92 Å².